The van der Waals surface area contributed by atoms with Crippen molar-refractivity contribution in [2.45, 2.75) is 51.0 Å². The van der Waals surface area contributed by atoms with Gasteiger partial charge in [-0.3, -0.25) is 4.79 Å². The van der Waals surface area contributed by atoms with Crippen LogP contribution in [0.3, 0.4) is 0 Å². The standard InChI is InChI=1S/C15H18N4O2/c1-9-6-13(21-18-9)11-7-14(20)17-15-12(11)8-16-19(15)10-4-2-3-5-10/h6,8,10-11H,2-5,7H2,1H3,(H,17,20). The number of hydrogen-bond donors (Lipinski definition) is 1. The van der Waals surface area contributed by atoms with Gasteiger partial charge in [0.15, 0.2) is 0 Å². The van der Waals surface area contributed by atoms with Gasteiger partial charge >= 0.3 is 0 Å². The molecule has 110 valence electrons. The number of nitrogens with one attached hydrogen (secondary N) is 1. The number of amides is 1. The van der Waals surface area contributed by atoms with Crippen LogP contribution in [0.4, 0.5) is 5.82 Å². The third kappa shape index (κ3) is 2.05. The number of nitrogens with zero attached hydrogens (tertiary/aromatic N) is 3. The van der Waals surface area contributed by atoms with Crippen molar-refractivity contribution in [3.63, 3.8) is 0 Å². The predicted octanol–water partition coefficient (Wildman–Crippen LogP) is 2.77. The highest BCUT2D eigenvalue weighted by atomic mass is 16.5. The second-order valence-electron chi connectivity index (χ2n) is 6.01. The average molecular weight is 286 g/mol. The normalized spacial score (nSPS) is 22.3. The second kappa shape index (κ2) is 4.72. The number of carbonyl (C=O) groups is 1. The van der Waals surface area contributed by atoms with Gasteiger partial charge in [0, 0.05) is 18.1 Å². The topological polar surface area (TPSA) is 73.0 Å². The van der Waals surface area contributed by atoms with Gasteiger partial charge in [0.25, 0.3) is 0 Å². The maximum Gasteiger partial charge on any atom is 0.226 e. The smallest absolute Gasteiger partial charge is 0.226 e. The van der Waals surface area contributed by atoms with Crippen LogP contribution >= 0.6 is 0 Å². The molecule has 0 spiro atoms. The van der Waals surface area contributed by atoms with Crippen LogP contribution in [0.15, 0.2) is 16.8 Å². The molecule has 3 heterocycles. The Hall–Kier alpha value is -2.11. The first-order chi connectivity index (χ1) is 10.2. The highest BCUT2D eigenvalue weighted by Gasteiger charge is 2.34. The van der Waals surface area contributed by atoms with E-state index in [1.165, 1.54) is 12.8 Å². The minimum absolute atomic E-state index is 0.0151. The summed E-state index contributed by atoms with van der Waals surface area (Å²) in [4.78, 5) is 12.1. The summed E-state index contributed by atoms with van der Waals surface area (Å²) in [7, 11) is 0. The quantitative estimate of drug-likeness (QED) is 0.921. The molecular weight excluding hydrogens is 268 g/mol. The van der Waals surface area contributed by atoms with Gasteiger partial charge in [0.1, 0.15) is 11.6 Å². The molecule has 0 saturated heterocycles. The number of anilines is 1. The van der Waals surface area contributed by atoms with Crippen molar-refractivity contribution in [3.8, 4) is 0 Å². The third-order valence-electron chi connectivity index (χ3n) is 4.51. The van der Waals surface area contributed by atoms with Gasteiger partial charge in [0.05, 0.1) is 23.9 Å². The zero-order valence-corrected chi connectivity index (χ0v) is 12.0. The fourth-order valence-electron chi connectivity index (χ4n) is 3.47. The van der Waals surface area contributed by atoms with Gasteiger partial charge in [-0.1, -0.05) is 18.0 Å². The molecule has 0 bridgehead atoms. The minimum atomic E-state index is -0.0786. The summed E-state index contributed by atoms with van der Waals surface area (Å²) < 4.78 is 7.37. The zero-order chi connectivity index (χ0) is 14.4. The van der Waals surface area contributed by atoms with E-state index >= 15 is 0 Å². The Kier molecular flexibility index (Phi) is 2.83. The highest BCUT2D eigenvalue weighted by molar-refractivity contribution is 5.94. The Bertz CT molecular complexity index is 682. The Labute approximate surface area is 122 Å². The predicted molar refractivity (Wildman–Crippen MR) is 76.1 cm³/mol. The zero-order valence-electron chi connectivity index (χ0n) is 12.0. The summed E-state index contributed by atoms with van der Waals surface area (Å²) >= 11 is 0. The van der Waals surface area contributed by atoms with E-state index in [0.29, 0.717) is 12.5 Å². The summed E-state index contributed by atoms with van der Waals surface area (Å²) in [5, 5.41) is 11.5. The first-order valence-corrected chi connectivity index (χ1v) is 7.53. The Morgan fingerprint density at radius 1 is 1.38 bits per heavy atom. The molecule has 0 aromatic carbocycles. The molecule has 1 unspecified atom stereocenters. The summed E-state index contributed by atoms with van der Waals surface area (Å²) in [5.74, 6) is 1.53. The van der Waals surface area contributed by atoms with Gasteiger partial charge in [0.2, 0.25) is 5.91 Å². The molecule has 0 radical (unpaired) electrons. The number of fused-ring (bicyclic) bond motifs is 1. The number of rotatable bonds is 2. The lowest BCUT2D eigenvalue weighted by Crippen LogP contribution is -2.25. The molecule has 1 N–H and O–H groups in total. The lowest BCUT2D eigenvalue weighted by molar-refractivity contribution is -0.116. The molecule has 6 heteroatoms. The highest BCUT2D eigenvalue weighted by Crippen LogP contribution is 2.40. The van der Waals surface area contributed by atoms with Crippen LogP contribution in [-0.4, -0.2) is 20.8 Å². The molecule has 1 aliphatic carbocycles. The SMILES string of the molecule is Cc1cc(C2CC(=O)Nc3c2cnn3C2CCCC2)on1. The van der Waals surface area contributed by atoms with Crippen molar-refractivity contribution in [3.05, 3.63) is 29.3 Å². The van der Waals surface area contributed by atoms with Crippen LogP contribution in [0.2, 0.25) is 0 Å². The molecule has 1 amide bonds. The van der Waals surface area contributed by atoms with E-state index < -0.39 is 0 Å². The Morgan fingerprint density at radius 3 is 2.90 bits per heavy atom. The first-order valence-electron chi connectivity index (χ1n) is 7.53. The maximum absolute atomic E-state index is 12.1. The fourth-order valence-corrected chi connectivity index (χ4v) is 3.47. The summed E-state index contributed by atoms with van der Waals surface area (Å²) in [6.07, 6.45) is 7.00. The van der Waals surface area contributed by atoms with E-state index in [9.17, 15) is 4.79 Å². The lowest BCUT2D eigenvalue weighted by Gasteiger charge is -2.23. The van der Waals surface area contributed by atoms with E-state index in [1.807, 2.05) is 23.9 Å². The van der Waals surface area contributed by atoms with Gasteiger partial charge in [-0.25, -0.2) is 4.68 Å². The molecule has 2 aromatic heterocycles. The number of hydrogen-bond acceptors (Lipinski definition) is 4. The Morgan fingerprint density at radius 2 is 2.19 bits per heavy atom. The van der Waals surface area contributed by atoms with Crippen LogP contribution in [0, 0.1) is 6.92 Å². The van der Waals surface area contributed by atoms with E-state index in [1.54, 1.807) is 0 Å². The molecule has 1 atom stereocenters. The monoisotopic (exact) mass is 286 g/mol. The molecule has 2 aliphatic rings. The van der Waals surface area contributed by atoms with Crippen molar-refractivity contribution < 1.29 is 9.32 Å². The van der Waals surface area contributed by atoms with Crippen molar-refractivity contribution >= 4 is 11.7 Å². The van der Waals surface area contributed by atoms with Crippen molar-refractivity contribution in [2.24, 2.45) is 0 Å². The van der Waals surface area contributed by atoms with Crippen molar-refractivity contribution in [2.75, 3.05) is 5.32 Å². The maximum atomic E-state index is 12.1. The fraction of sp³-hybridized carbons (Fsp3) is 0.533. The summed E-state index contributed by atoms with van der Waals surface area (Å²) in [5.41, 5.74) is 1.87. The van der Waals surface area contributed by atoms with E-state index in [0.717, 1.165) is 35.7 Å². The Balaban J connectivity index is 1.75. The molecule has 1 saturated carbocycles. The molecule has 21 heavy (non-hydrogen) atoms. The van der Waals surface area contributed by atoms with Gasteiger partial charge in [-0.2, -0.15) is 5.10 Å². The van der Waals surface area contributed by atoms with Crippen LogP contribution in [-0.2, 0) is 4.79 Å². The van der Waals surface area contributed by atoms with Crippen LogP contribution in [0.1, 0.15) is 61.1 Å². The minimum Gasteiger partial charge on any atom is -0.360 e. The number of aryl methyl sites for hydroxylation is 1. The van der Waals surface area contributed by atoms with Gasteiger partial charge in [-0.05, 0) is 19.8 Å². The molecular formula is C15H18N4O2. The van der Waals surface area contributed by atoms with Gasteiger partial charge in [-0.15, -0.1) is 0 Å². The summed E-state index contributed by atoms with van der Waals surface area (Å²) in [6, 6.07) is 2.31. The second-order valence-corrected chi connectivity index (χ2v) is 6.01. The van der Waals surface area contributed by atoms with Crippen LogP contribution < -0.4 is 5.32 Å². The molecule has 2 aromatic rings. The van der Waals surface area contributed by atoms with Crippen LogP contribution in [0.25, 0.3) is 0 Å². The summed E-state index contributed by atoms with van der Waals surface area (Å²) in [6.45, 7) is 1.89. The van der Waals surface area contributed by atoms with Gasteiger partial charge < -0.3 is 9.84 Å². The van der Waals surface area contributed by atoms with E-state index in [-0.39, 0.29) is 11.8 Å². The first kappa shape index (κ1) is 12.6. The third-order valence-corrected chi connectivity index (χ3v) is 4.51. The molecule has 4 rings (SSSR count). The number of carbonyl (C=O) groups excluding carboxylic acids is 1. The molecule has 1 fully saturated rings. The lowest BCUT2D eigenvalue weighted by atomic mass is 9.91. The van der Waals surface area contributed by atoms with E-state index in [2.05, 4.69) is 15.6 Å². The molecule has 6 nitrogen and oxygen atoms in total. The van der Waals surface area contributed by atoms with E-state index in [4.69, 9.17) is 4.52 Å². The number of aromatic nitrogens is 3. The average Bonchev–Trinajstić information content (AvgIpc) is 3.16. The largest absolute Gasteiger partial charge is 0.360 e. The van der Waals surface area contributed by atoms with Crippen molar-refractivity contribution in [1.82, 2.24) is 14.9 Å². The van der Waals surface area contributed by atoms with Crippen LogP contribution in [0.5, 0.6) is 0 Å². The molecule has 1 aliphatic heterocycles. The van der Waals surface area contributed by atoms with Crippen molar-refractivity contribution in [1.29, 1.82) is 0 Å².